The highest BCUT2D eigenvalue weighted by Crippen LogP contribution is 2.25. The van der Waals surface area contributed by atoms with Crippen molar-refractivity contribution in [3.8, 4) is 0 Å². The summed E-state index contributed by atoms with van der Waals surface area (Å²) < 4.78 is 0. The summed E-state index contributed by atoms with van der Waals surface area (Å²) in [4.78, 5) is 70.9. The van der Waals surface area contributed by atoms with E-state index in [2.05, 4.69) is 5.32 Å². The third-order valence-corrected chi connectivity index (χ3v) is 4.02. The Morgan fingerprint density at radius 3 is 2.30 bits per heavy atom. The van der Waals surface area contributed by atoms with E-state index in [1.54, 1.807) is 0 Å². The third kappa shape index (κ3) is 5.31. The fraction of sp³-hybridized carbons (Fsp3) is 0.600. The number of Topliss-reactive ketones (excluding diaryl/α,β-unsaturated/α-hetero) is 1. The van der Waals surface area contributed by atoms with Gasteiger partial charge in [0.25, 0.3) is 0 Å². The van der Waals surface area contributed by atoms with Crippen molar-refractivity contribution in [2.24, 2.45) is 11.7 Å². The molecule has 12 heteroatoms. The Morgan fingerprint density at radius 1 is 1.26 bits per heavy atom. The number of nitrogens with zero attached hydrogens (tertiary/aromatic N) is 1. The number of hydrogen-bond acceptors (Lipinski definition) is 8. The molecule has 6 N–H and O–H groups in total. The molecule has 27 heavy (non-hydrogen) atoms. The molecule has 0 aliphatic carbocycles. The van der Waals surface area contributed by atoms with Gasteiger partial charge in [-0.1, -0.05) is 0 Å². The Bertz CT molecular complexity index is 661. The Kier molecular flexibility index (Phi) is 7.55. The van der Waals surface area contributed by atoms with Crippen LogP contribution in [0, 0.1) is 5.92 Å². The van der Waals surface area contributed by atoms with Crippen LogP contribution in [0.15, 0.2) is 0 Å². The molecule has 4 atom stereocenters. The highest BCUT2D eigenvalue weighted by molar-refractivity contribution is 6.17. The minimum Gasteiger partial charge on any atom is -0.481 e. The van der Waals surface area contributed by atoms with Gasteiger partial charge in [-0.15, -0.1) is 0 Å². The minimum atomic E-state index is -1.83. The fourth-order valence-electron chi connectivity index (χ4n) is 2.57. The predicted octanol–water partition coefficient (Wildman–Crippen LogP) is -2.93. The van der Waals surface area contributed by atoms with E-state index in [1.807, 2.05) is 0 Å². The second kappa shape index (κ2) is 9.19. The summed E-state index contributed by atoms with van der Waals surface area (Å²) in [5.74, 6) is -8.22. The number of carbonyl (C=O) groups is 6. The second-order valence-electron chi connectivity index (χ2n) is 6.08. The van der Waals surface area contributed by atoms with Crippen molar-refractivity contribution in [3.63, 3.8) is 0 Å². The van der Waals surface area contributed by atoms with Gasteiger partial charge in [0, 0.05) is 12.8 Å². The number of aliphatic hydroxyl groups is 1. The van der Waals surface area contributed by atoms with Crippen molar-refractivity contribution in [1.82, 2.24) is 10.2 Å². The van der Waals surface area contributed by atoms with Crippen molar-refractivity contribution in [3.05, 3.63) is 0 Å². The maximum Gasteiger partial charge on any atom is 0.329 e. The average molecular weight is 387 g/mol. The van der Waals surface area contributed by atoms with Crippen LogP contribution in [0.4, 0.5) is 0 Å². The normalized spacial score (nSPS) is 20.1. The number of likely N-dealkylation sites (tertiary alicyclic amines) is 1. The van der Waals surface area contributed by atoms with Gasteiger partial charge >= 0.3 is 11.9 Å². The molecular weight excluding hydrogens is 366 g/mol. The zero-order chi connectivity index (χ0) is 20.9. The summed E-state index contributed by atoms with van der Waals surface area (Å²) in [6, 6.07) is -4.23. The van der Waals surface area contributed by atoms with Crippen LogP contribution in [0.25, 0.3) is 0 Å². The number of nitrogens with one attached hydrogen (secondary N) is 1. The number of nitrogens with two attached hydrogens (primary N) is 1. The molecule has 1 rings (SSSR count). The van der Waals surface area contributed by atoms with Crippen LogP contribution in [0.3, 0.4) is 0 Å². The zero-order valence-corrected chi connectivity index (χ0v) is 14.5. The van der Waals surface area contributed by atoms with E-state index < -0.39 is 78.9 Å². The summed E-state index contributed by atoms with van der Waals surface area (Å²) >= 11 is 0. The zero-order valence-electron chi connectivity index (χ0n) is 14.5. The summed E-state index contributed by atoms with van der Waals surface area (Å²) in [5, 5.41) is 29.1. The molecule has 1 fully saturated rings. The maximum atomic E-state index is 12.6. The van der Waals surface area contributed by atoms with Crippen LogP contribution in [0.2, 0.25) is 0 Å². The molecular formula is C15H21N3O9. The summed E-state index contributed by atoms with van der Waals surface area (Å²) in [6.07, 6.45) is -1.48. The number of rotatable bonds is 10. The number of aliphatic hydroxyl groups excluding tert-OH is 1. The number of imide groups is 1. The maximum absolute atomic E-state index is 12.6. The van der Waals surface area contributed by atoms with E-state index in [-0.39, 0.29) is 6.42 Å². The van der Waals surface area contributed by atoms with E-state index in [0.717, 1.165) is 0 Å². The lowest BCUT2D eigenvalue weighted by Crippen LogP contribution is -2.51. The molecule has 0 unspecified atom stereocenters. The van der Waals surface area contributed by atoms with Crippen LogP contribution < -0.4 is 11.1 Å². The van der Waals surface area contributed by atoms with E-state index in [0.29, 0.717) is 4.90 Å². The van der Waals surface area contributed by atoms with E-state index in [1.165, 1.54) is 6.92 Å². The molecule has 0 saturated carbocycles. The first-order valence-corrected chi connectivity index (χ1v) is 8.02. The van der Waals surface area contributed by atoms with Gasteiger partial charge in [0.15, 0.2) is 11.8 Å². The Morgan fingerprint density at radius 2 is 1.85 bits per heavy atom. The first-order chi connectivity index (χ1) is 12.5. The molecule has 1 aliphatic heterocycles. The first kappa shape index (κ1) is 22.2. The van der Waals surface area contributed by atoms with Gasteiger partial charge in [-0.05, 0) is 13.3 Å². The van der Waals surface area contributed by atoms with Crippen molar-refractivity contribution >= 4 is 35.4 Å². The largest absolute Gasteiger partial charge is 0.481 e. The van der Waals surface area contributed by atoms with E-state index >= 15 is 0 Å². The average Bonchev–Trinajstić information content (AvgIpc) is 2.86. The van der Waals surface area contributed by atoms with Gasteiger partial charge in [0.2, 0.25) is 17.7 Å². The highest BCUT2D eigenvalue weighted by Gasteiger charge is 2.49. The summed E-state index contributed by atoms with van der Waals surface area (Å²) in [7, 11) is 0. The number of carboxylic acid groups (broad SMARTS) is 2. The van der Waals surface area contributed by atoms with Gasteiger partial charge in [-0.25, -0.2) is 4.79 Å². The smallest absolute Gasteiger partial charge is 0.329 e. The number of amides is 3. The SMILES string of the molecule is C[C@H](N)C(=O)N[C@@H](CCC(=O)O)C(=O)[C@H]1CC(=O)N([C@@H](CO)C(=O)O)C1=O. The van der Waals surface area contributed by atoms with Gasteiger partial charge in [0.05, 0.1) is 18.7 Å². The Labute approximate surface area is 153 Å². The molecule has 12 nitrogen and oxygen atoms in total. The number of aliphatic carboxylic acids is 2. The standard InChI is InChI=1S/C15H21N3O9/c1-6(16)13(24)17-8(2-3-11(21)22)12(23)7-4-10(20)18(14(7)25)9(5-19)15(26)27/h6-9,19H,2-5,16H2,1H3,(H,17,24)(H,21,22)(H,26,27)/t6-,7+,8-,9-/m0/s1. The second-order valence-corrected chi connectivity index (χ2v) is 6.08. The van der Waals surface area contributed by atoms with Crippen molar-refractivity contribution in [2.45, 2.75) is 44.3 Å². The Balaban J connectivity index is 3.04. The minimum absolute atomic E-state index is 0.298. The monoisotopic (exact) mass is 387 g/mol. The lowest BCUT2D eigenvalue weighted by molar-refractivity contribution is -0.156. The molecule has 0 spiro atoms. The molecule has 1 saturated heterocycles. The number of carboxylic acids is 2. The lowest BCUT2D eigenvalue weighted by atomic mass is 9.93. The fourth-order valence-corrected chi connectivity index (χ4v) is 2.57. The van der Waals surface area contributed by atoms with Gasteiger partial charge in [0.1, 0.15) is 5.92 Å². The van der Waals surface area contributed by atoms with Crippen LogP contribution >= 0.6 is 0 Å². The molecule has 150 valence electrons. The first-order valence-electron chi connectivity index (χ1n) is 8.02. The summed E-state index contributed by atoms with van der Waals surface area (Å²) in [6.45, 7) is 0.302. The van der Waals surface area contributed by atoms with Gasteiger partial charge in [-0.2, -0.15) is 0 Å². The Hall–Kier alpha value is -2.86. The van der Waals surface area contributed by atoms with Crippen molar-refractivity contribution in [1.29, 1.82) is 0 Å². The van der Waals surface area contributed by atoms with Gasteiger partial charge < -0.3 is 26.4 Å². The molecule has 1 heterocycles. The van der Waals surface area contributed by atoms with E-state index in [9.17, 15) is 28.8 Å². The number of hydrogen-bond donors (Lipinski definition) is 5. The van der Waals surface area contributed by atoms with E-state index in [4.69, 9.17) is 21.1 Å². The van der Waals surface area contributed by atoms with Crippen molar-refractivity contribution < 1.29 is 44.1 Å². The lowest BCUT2D eigenvalue weighted by Gasteiger charge is -2.23. The molecule has 3 amide bonds. The molecule has 0 bridgehead atoms. The molecule has 0 aromatic rings. The summed E-state index contributed by atoms with van der Waals surface area (Å²) in [5.41, 5.74) is 5.39. The molecule has 0 aromatic heterocycles. The highest BCUT2D eigenvalue weighted by atomic mass is 16.4. The van der Waals surface area contributed by atoms with Crippen LogP contribution in [-0.2, 0) is 28.8 Å². The topological polar surface area (TPSA) is 204 Å². The molecule has 0 aromatic carbocycles. The quantitative estimate of drug-likeness (QED) is 0.191. The molecule has 0 radical (unpaired) electrons. The van der Waals surface area contributed by atoms with Crippen LogP contribution in [-0.4, -0.2) is 80.4 Å². The van der Waals surface area contributed by atoms with Crippen molar-refractivity contribution in [2.75, 3.05) is 6.61 Å². The molecule has 1 aliphatic rings. The van der Waals surface area contributed by atoms with Gasteiger partial charge in [-0.3, -0.25) is 28.9 Å². The van der Waals surface area contributed by atoms with Crippen LogP contribution in [0.1, 0.15) is 26.2 Å². The number of ketones is 1. The predicted molar refractivity (Wildman–Crippen MR) is 85.9 cm³/mol. The number of carbonyl (C=O) groups excluding carboxylic acids is 4. The van der Waals surface area contributed by atoms with Crippen LogP contribution in [0.5, 0.6) is 0 Å². The third-order valence-electron chi connectivity index (χ3n) is 4.02.